The molecule has 0 saturated carbocycles. The number of carbonyl (C=O) groups is 1. The Morgan fingerprint density at radius 3 is 2.84 bits per heavy atom. The fraction of sp³-hybridized carbons (Fsp3) is 0.154. The molecule has 0 radical (unpaired) electrons. The third-order valence-electron chi connectivity index (χ3n) is 2.31. The lowest BCUT2D eigenvalue weighted by atomic mass is 10.3. The molecule has 2 rings (SSSR count). The zero-order valence-corrected chi connectivity index (χ0v) is 10.7. The summed E-state index contributed by atoms with van der Waals surface area (Å²) in [5.41, 5.74) is 2.69. The van der Waals surface area contributed by atoms with Crippen LogP contribution in [0.1, 0.15) is 16.2 Å². The van der Waals surface area contributed by atoms with Crippen molar-refractivity contribution in [1.82, 2.24) is 10.4 Å². The van der Waals surface area contributed by atoms with Crippen LogP contribution in [0.15, 0.2) is 46.0 Å². The van der Waals surface area contributed by atoms with Gasteiger partial charge in [-0.05, 0) is 18.2 Å². The van der Waals surface area contributed by atoms with Crippen molar-refractivity contribution in [2.45, 2.75) is 0 Å². The van der Waals surface area contributed by atoms with E-state index in [1.54, 1.807) is 30.5 Å². The number of amides is 1. The van der Waals surface area contributed by atoms with Crippen molar-refractivity contribution in [3.63, 3.8) is 0 Å². The average Bonchev–Trinajstić information content (AvgIpc) is 2.89. The van der Waals surface area contributed by atoms with Crippen LogP contribution in [0.5, 0.6) is 0 Å². The van der Waals surface area contributed by atoms with Crippen molar-refractivity contribution < 1.29 is 9.21 Å². The molecule has 98 valence electrons. The number of aromatic nitrogens is 1. The van der Waals surface area contributed by atoms with Gasteiger partial charge in [-0.25, -0.2) is 5.43 Å². The van der Waals surface area contributed by atoms with Gasteiger partial charge in [0.25, 0.3) is 5.91 Å². The quantitative estimate of drug-likeness (QED) is 0.666. The van der Waals surface area contributed by atoms with Crippen LogP contribution in [0.3, 0.4) is 0 Å². The van der Waals surface area contributed by atoms with Gasteiger partial charge in [-0.15, -0.1) is 0 Å². The smallest absolute Gasteiger partial charge is 0.289 e. The van der Waals surface area contributed by atoms with Crippen LogP contribution in [0.4, 0.5) is 5.88 Å². The fourth-order valence-electron chi connectivity index (χ4n) is 1.36. The predicted molar refractivity (Wildman–Crippen MR) is 72.3 cm³/mol. The highest BCUT2D eigenvalue weighted by Gasteiger charge is 2.04. The van der Waals surface area contributed by atoms with Gasteiger partial charge < -0.3 is 9.32 Å². The summed E-state index contributed by atoms with van der Waals surface area (Å²) in [6, 6.07) is 8.68. The van der Waals surface area contributed by atoms with Crippen LogP contribution < -0.4 is 10.3 Å². The Hall–Kier alpha value is -2.63. The van der Waals surface area contributed by atoms with Crippen LogP contribution >= 0.6 is 0 Å². The van der Waals surface area contributed by atoms with E-state index >= 15 is 0 Å². The van der Waals surface area contributed by atoms with Gasteiger partial charge in [-0.3, -0.25) is 9.78 Å². The number of anilines is 1. The van der Waals surface area contributed by atoms with E-state index in [9.17, 15) is 4.79 Å². The van der Waals surface area contributed by atoms with Gasteiger partial charge >= 0.3 is 0 Å². The Morgan fingerprint density at radius 1 is 1.37 bits per heavy atom. The highest BCUT2D eigenvalue weighted by Crippen LogP contribution is 2.13. The molecular weight excluding hydrogens is 244 g/mol. The maximum Gasteiger partial charge on any atom is 0.289 e. The molecule has 0 bridgehead atoms. The van der Waals surface area contributed by atoms with Gasteiger partial charge in [0.1, 0.15) is 11.5 Å². The topological polar surface area (TPSA) is 70.7 Å². The first-order valence-corrected chi connectivity index (χ1v) is 5.68. The summed E-state index contributed by atoms with van der Waals surface area (Å²) in [5, 5.41) is 3.81. The molecule has 2 heterocycles. The molecule has 0 aliphatic rings. The molecule has 2 aromatic rings. The van der Waals surface area contributed by atoms with Crippen molar-refractivity contribution in [2.75, 3.05) is 19.0 Å². The normalized spacial score (nSPS) is 10.6. The molecule has 0 aliphatic heterocycles. The second-order valence-corrected chi connectivity index (χ2v) is 3.98. The summed E-state index contributed by atoms with van der Waals surface area (Å²) in [6.07, 6.45) is 2.99. The molecule has 0 fully saturated rings. The maximum atomic E-state index is 11.6. The Morgan fingerprint density at radius 2 is 2.21 bits per heavy atom. The average molecular weight is 258 g/mol. The Labute approximate surface area is 110 Å². The summed E-state index contributed by atoms with van der Waals surface area (Å²) in [5.74, 6) is 0.916. The first-order valence-electron chi connectivity index (χ1n) is 5.68. The van der Waals surface area contributed by atoms with Gasteiger partial charge in [-0.1, -0.05) is 6.07 Å². The molecule has 6 heteroatoms. The molecule has 0 atom stereocenters. The summed E-state index contributed by atoms with van der Waals surface area (Å²) >= 11 is 0. The zero-order valence-electron chi connectivity index (χ0n) is 10.7. The molecule has 1 N–H and O–H groups in total. The van der Waals surface area contributed by atoms with Crippen molar-refractivity contribution in [3.05, 3.63) is 48.0 Å². The minimum atomic E-state index is -0.365. The maximum absolute atomic E-state index is 11.6. The van der Waals surface area contributed by atoms with E-state index in [1.165, 1.54) is 6.21 Å². The minimum absolute atomic E-state index is 0.313. The number of hydrogen-bond donors (Lipinski definition) is 1. The van der Waals surface area contributed by atoms with Crippen molar-refractivity contribution in [3.8, 4) is 0 Å². The molecule has 0 saturated heterocycles. The standard InChI is InChI=1S/C13H14N4O2/c1-17(2)12-7-6-10(19-12)9-15-16-13(18)11-5-3-4-8-14-11/h3-9H,1-2H3,(H,16,18)/b15-9+. The number of nitrogens with zero attached hydrogens (tertiary/aromatic N) is 3. The Bertz CT molecular complexity index is 575. The minimum Gasteiger partial charge on any atom is -0.440 e. The van der Waals surface area contributed by atoms with Crippen LogP contribution in [0.25, 0.3) is 0 Å². The first-order chi connectivity index (χ1) is 9.16. The molecule has 0 aromatic carbocycles. The van der Waals surface area contributed by atoms with Crippen LogP contribution in [0, 0.1) is 0 Å². The first kappa shape index (κ1) is 12.8. The number of nitrogens with one attached hydrogen (secondary N) is 1. The van der Waals surface area contributed by atoms with Crippen LogP contribution in [0.2, 0.25) is 0 Å². The van der Waals surface area contributed by atoms with Crippen molar-refractivity contribution >= 4 is 18.0 Å². The Kier molecular flexibility index (Phi) is 3.92. The van der Waals surface area contributed by atoms with Crippen molar-refractivity contribution in [1.29, 1.82) is 0 Å². The van der Waals surface area contributed by atoms with Crippen LogP contribution in [-0.2, 0) is 0 Å². The number of hydrazone groups is 1. The number of pyridine rings is 1. The van der Waals surface area contributed by atoms with E-state index in [0.29, 0.717) is 11.5 Å². The third kappa shape index (κ3) is 3.41. The summed E-state index contributed by atoms with van der Waals surface area (Å²) < 4.78 is 5.44. The molecule has 0 spiro atoms. The molecule has 19 heavy (non-hydrogen) atoms. The van der Waals surface area contributed by atoms with E-state index in [4.69, 9.17) is 4.42 Å². The number of hydrogen-bond acceptors (Lipinski definition) is 5. The lowest BCUT2D eigenvalue weighted by Gasteiger charge is -2.05. The highest BCUT2D eigenvalue weighted by atomic mass is 16.4. The third-order valence-corrected chi connectivity index (χ3v) is 2.31. The van der Waals surface area contributed by atoms with E-state index in [0.717, 1.165) is 5.88 Å². The van der Waals surface area contributed by atoms with E-state index in [-0.39, 0.29) is 5.91 Å². The van der Waals surface area contributed by atoms with Gasteiger partial charge in [0.2, 0.25) is 0 Å². The number of rotatable bonds is 4. The van der Waals surface area contributed by atoms with E-state index < -0.39 is 0 Å². The summed E-state index contributed by atoms with van der Waals surface area (Å²) in [4.78, 5) is 17.4. The SMILES string of the molecule is CN(C)c1ccc(/C=N/NC(=O)c2ccccn2)o1. The van der Waals surface area contributed by atoms with E-state index in [2.05, 4.69) is 15.5 Å². The van der Waals surface area contributed by atoms with Gasteiger partial charge in [0.15, 0.2) is 5.88 Å². The lowest BCUT2D eigenvalue weighted by Crippen LogP contribution is -2.18. The van der Waals surface area contributed by atoms with Gasteiger partial charge in [0.05, 0.1) is 6.21 Å². The lowest BCUT2D eigenvalue weighted by molar-refractivity contribution is 0.0950. The molecular formula is C13H14N4O2. The number of furan rings is 1. The number of carbonyl (C=O) groups excluding carboxylic acids is 1. The fourth-order valence-corrected chi connectivity index (χ4v) is 1.36. The largest absolute Gasteiger partial charge is 0.440 e. The predicted octanol–water partition coefficient (Wildman–Crippen LogP) is 1.50. The molecule has 0 aliphatic carbocycles. The molecule has 6 nitrogen and oxygen atoms in total. The van der Waals surface area contributed by atoms with E-state index in [1.807, 2.05) is 25.1 Å². The van der Waals surface area contributed by atoms with Gasteiger partial charge in [0, 0.05) is 26.4 Å². The zero-order chi connectivity index (χ0) is 13.7. The molecule has 2 aromatic heterocycles. The summed E-state index contributed by atoms with van der Waals surface area (Å²) in [6.45, 7) is 0. The second-order valence-electron chi connectivity index (χ2n) is 3.98. The summed E-state index contributed by atoms with van der Waals surface area (Å²) in [7, 11) is 3.76. The molecule has 1 amide bonds. The highest BCUT2D eigenvalue weighted by molar-refractivity contribution is 5.92. The monoisotopic (exact) mass is 258 g/mol. The Balaban J connectivity index is 1.94. The van der Waals surface area contributed by atoms with Crippen LogP contribution in [-0.4, -0.2) is 31.2 Å². The molecule has 0 unspecified atom stereocenters. The van der Waals surface area contributed by atoms with Gasteiger partial charge in [-0.2, -0.15) is 5.10 Å². The van der Waals surface area contributed by atoms with Crippen molar-refractivity contribution in [2.24, 2.45) is 5.10 Å². The second kappa shape index (κ2) is 5.81.